The second kappa shape index (κ2) is 8.71. The summed E-state index contributed by atoms with van der Waals surface area (Å²) in [5.41, 5.74) is -0.0719. The first kappa shape index (κ1) is 20.5. The minimum atomic E-state index is -0.667. The van der Waals surface area contributed by atoms with Crippen LogP contribution in [0, 0.1) is 20.2 Å². The van der Waals surface area contributed by atoms with Crippen molar-refractivity contribution in [2.75, 3.05) is 28.4 Å². The van der Waals surface area contributed by atoms with Crippen molar-refractivity contribution in [3.63, 3.8) is 0 Å². The first-order valence-corrected chi connectivity index (χ1v) is 7.85. The Morgan fingerprint density at radius 1 is 0.714 bits per heavy atom. The van der Waals surface area contributed by atoms with Gasteiger partial charge in [0.2, 0.25) is 11.5 Å². The van der Waals surface area contributed by atoms with Gasteiger partial charge in [-0.1, -0.05) is 6.08 Å². The second-order valence-electron chi connectivity index (χ2n) is 5.39. The predicted molar refractivity (Wildman–Crippen MR) is 101 cm³/mol. The van der Waals surface area contributed by atoms with Gasteiger partial charge in [-0.15, -0.1) is 0 Å². The lowest BCUT2D eigenvalue weighted by molar-refractivity contribution is -0.390. The van der Waals surface area contributed by atoms with Crippen LogP contribution in [-0.2, 0) is 0 Å². The van der Waals surface area contributed by atoms with Crippen LogP contribution in [0.2, 0.25) is 0 Å². The first-order valence-electron chi connectivity index (χ1n) is 7.85. The smallest absolute Gasteiger partial charge is 0.312 e. The van der Waals surface area contributed by atoms with Crippen molar-refractivity contribution >= 4 is 23.5 Å². The van der Waals surface area contributed by atoms with E-state index < -0.39 is 9.85 Å². The highest BCUT2D eigenvalue weighted by molar-refractivity contribution is 5.78. The Morgan fingerprint density at radius 2 is 1.25 bits per heavy atom. The number of hydrogen-bond donors (Lipinski definition) is 0. The van der Waals surface area contributed by atoms with Crippen LogP contribution in [0.5, 0.6) is 23.0 Å². The SMILES string of the molecule is COc1cc([N+](=O)[O-])c(/C=C\c2cc(OC)c(OC)c(OC)c2)cc1[N+](=O)[O-]. The van der Waals surface area contributed by atoms with Crippen LogP contribution >= 0.6 is 0 Å². The molecule has 0 radical (unpaired) electrons. The van der Waals surface area contributed by atoms with Crippen LogP contribution in [0.15, 0.2) is 24.3 Å². The van der Waals surface area contributed by atoms with Crippen LogP contribution < -0.4 is 18.9 Å². The number of nitro groups is 2. The molecule has 0 fully saturated rings. The number of hydrogen-bond acceptors (Lipinski definition) is 8. The Bertz CT molecular complexity index is 914. The number of benzene rings is 2. The van der Waals surface area contributed by atoms with Gasteiger partial charge in [-0.05, 0) is 23.8 Å². The summed E-state index contributed by atoms with van der Waals surface area (Å²) < 4.78 is 20.6. The second-order valence-corrected chi connectivity index (χ2v) is 5.39. The van der Waals surface area contributed by atoms with E-state index in [4.69, 9.17) is 18.9 Å². The standard InChI is InChI=1S/C18H18N2O8/c1-25-15-10-13(19(21)22)12(9-14(15)20(23)24)6-5-11-7-16(26-2)18(28-4)17(8-11)27-3/h5-10H,1-4H3/b6-5-. The molecule has 2 rings (SSSR count). The topological polar surface area (TPSA) is 123 Å². The fraction of sp³-hybridized carbons (Fsp3) is 0.222. The van der Waals surface area contributed by atoms with Gasteiger partial charge in [0.15, 0.2) is 11.5 Å². The van der Waals surface area contributed by atoms with Gasteiger partial charge < -0.3 is 18.9 Å². The summed E-state index contributed by atoms with van der Waals surface area (Å²) in [4.78, 5) is 21.3. The highest BCUT2D eigenvalue weighted by Gasteiger charge is 2.23. The molecule has 0 unspecified atom stereocenters. The summed E-state index contributed by atoms with van der Waals surface area (Å²) in [5, 5.41) is 22.6. The molecule has 0 saturated carbocycles. The molecule has 0 aliphatic heterocycles. The van der Waals surface area contributed by atoms with Crippen LogP contribution in [0.25, 0.3) is 12.2 Å². The summed E-state index contributed by atoms with van der Waals surface area (Å²) in [6.45, 7) is 0. The molecule has 0 bridgehead atoms. The first-order chi connectivity index (χ1) is 13.4. The zero-order valence-corrected chi connectivity index (χ0v) is 15.6. The van der Waals surface area contributed by atoms with Crippen molar-refractivity contribution in [1.82, 2.24) is 0 Å². The highest BCUT2D eigenvalue weighted by atomic mass is 16.6. The Labute approximate surface area is 160 Å². The summed E-state index contributed by atoms with van der Waals surface area (Å²) in [5.74, 6) is 1.00. The van der Waals surface area contributed by atoms with Gasteiger partial charge in [-0.2, -0.15) is 0 Å². The highest BCUT2D eigenvalue weighted by Crippen LogP contribution is 2.39. The molecule has 0 atom stereocenters. The third kappa shape index (κ3) is 4.11. The molecule has 2 aromatic rings. The summed E-state index contributed by atoms with van der Waals surface area (Å²) in [6.07, 6.45) is 2.94. The van der Waals surface area contributed by atoms with Gasteiger partial charge in [0.05, 0.1) is 49.9 Å². The van der Waals surface area contributed by atoms with E-state index in [1.54, 1.807) is 18.2 Å². The average molecular weight is 390 g/mol. The maximum absolute atomic E-state index is 11.4. The van der Waals surface area contributed by atoms with E-state index in [1.165, 1.54) is 34.5 Å². The van der Waals surface area contributed by atoms with E-state index in [-0.39, 0.29) is 22.7 Å². The number of ether oxygens (including phenoxy) is 4. The number of methoxy groups -OCH3 is 4. The Kier molecular flexibility index (Phi) is 6.38. The van der Waals surface area contributed by atoms with E-state index in [2.05, 4.69) is 0 Å². The van der Waals surface area contributed by atoms with Crippen molar-refractivity contribution in [2.45, 2.75) is 0 Å². The molecule has 0 aromatic heterocycles. The van der Waals surface area contributed by atoms with Gasteiger partial charge in [0.25, 0.3) is 5.69 Å². The Hall–Kier alpha value is -3.82. The van der Waals surface area contributed by atoms with E-state index >= 15 is 0 Å². The molecule has 0 saturated heterocycles. The van der Waals surface area contributed by atoms with Crippen LogP contribution in [-0.4, -0.2) is 38.3 Å². The minimum absolute atomic E-state index is 0.0475. The number of nitrogens with zero attached hydrogens (tertiary/aromatic N) is 2. The molecule has 2 aromatic carbocycles. The molecule has 0 aliphatic carbocycles. The van der Waals surface area contributed by atoms with Crippen molar-refractivity contribution in [1.29, 1.82) is 0 Å². The van der Waals surface area contributed by atoms with Crippen LogP contribution in [0.1, 0.15) is 11.1 Å². The molecular formula is C18H18N2O8. The molecule has 148 valence electrons. The lowest BCUT2D eigenvalue weighted by atomic mass is 10.1. The largest absolute Gasteiger partial charge is 0.493 e. The van der Waals surface area contributed by atoms with Crippen molar-refractivity contribution in [2.24, 2.45) is 0 Å². The Balaban J connectivity index is 2.58. The molecule has 10 heteroatoms. The number of nitro benzene ring substituents is 2. The molecule has 0 amide bonds. The maximum atomic E-state index is 11.4. The van der Waals surface area contributed by atoms with E-state index in [9.17, 15) is 20.2 Å². The molecule has 10 nitrogen and oxygen atoms in total. The van der Waals surface area contributed by atoms with Gasteiger partial charge in [-0.25, -0.2) is 0 Å². The average Bonchev–Trinajstić information content (AvgIpc) is 2.70. The van der Waals surface area contributed by atoms with Crippen molar-refractivity contribution < 1.29 is 28.8 Å². The molecule has 28 heavy (non-hydrogen) atoms. The van der Waals surface area contributed by atoms with Crippen LogP contribution in [0.3, 0.4) is 0 Å². The zero-order valence-electron chi connectivity index (χ0n) is 15.6. The molecule has 0 heterocycles. The van der Waals surface area contributed by atoms with Gasteiger partial charge >= 0.3 is 5.69 Å². The van der Waals surface area contributed by atoms with Gasteiger partial charge in [-0.3, -0.25) is 20.2 Å². The van der Waals surface area contributed by atoms with Crippen LogP contribution in [0.4, 0.5) is 11.4 Å². The van der Waals surface area contributed by atoms with E-state index in [1.807, 2.05) is 0 Å². The fourth-order valence-electron chi connectivity index (χ4n) is 2.56. The molecular weight excluding hydrogens is 372 g/mol. The molecule has 0 N–H and O–H groups in total. The third-order valence-electron chi connectivity index (χ3n) is 3.86. The predicted octanol–water partition coefficient (Wildman–Crippen LogP) is 3.71. The lowest BCUT2D eigenvalue weighted by Crippen LogP contribution is -1.98. The van der Waals surface area contributed by atoms with E-state index in [0.717, 1.165) is 12.1 Å². The molecule has 0 aliphatic rings. The lowest BCUT2D eigenvalue weighted by Gasteiger charge is -2.12. The van der Waals surface area contributed by atoms with Gasteiger partial charge in [0, 0.05) is 6.07 Å². The van der Waals surface area contributed by atoms with E-state index in [0.29, 0.717) is 22.8 Å². The quantitative estimate of drug-likeness (QED) is 0.380. The maximum Gasteiger partial charge on any atom is 0.312 e. The summed E-state index contributed by atoms with van der Waals surface area (Å²) in [6, 6.07) is 5.39. The van der Waals surface area contributed by atoms with Crippen molar-refractivity contribution in [3.05, 3.63) is 55.6 Å². The minimum Gasteiger partial charge on any atom is -0.493 e. The fourth-order valence-corrected chi connectivity index (χ4v) is 2.56. The molecule has 0 spiro atoms. The summed E-state index contributed by atoms with van der Waals surface area (Å²) in [7, 11) is 5.60. The normalized spacial score (nSPS) is 10.6. The summed E-state index contributed by atoms with van der Waals surface area (Å²) >= 11 is 0. The Morgan fingerprint density at radius 3 is 1.68 bits per heavy atom. The number of rotatable bonds is 8. The van der Waals surface area contributed by atoms with Gasteiger partial charge in [0.1, 0.15) is 0 Å². The third-order valence-corrected chi connectivity index (χ3v) is 3.86. The zero-order chi connectivity index (χ0) is 20.8. The van der Waals surface area contributed by atoms with Crippen molar-refractivity contribution in [3.8, 4) is 23.0 Å². The monoisotopic (exact) mass is 390 g/mol.